The molecule has 1 nitrogen and oxygen atoms in total. The van der Waals surface area contributed by atoms with Gasteiger partial charge in [0, 0.05) is 18.2 Å². The van der Waals surface area contributed by atoms with E-state index in [4.69, 9.17) is 0 Å². The van der Waals surface area contributed by atoms with Crippen molar-refractivity contribution in [1.29, 1.82) is 0 Å². The lowest BCUT2D eigenvalue weighted by atomic mass is 10.5. The molecule has 0 unspecified atom stereocenters. The third-order valence-corrected chi connectivity index (χ3v) is 1.09. The molecule has 0 amide bonds. The number of nitrogens with zero attached hydrogens (tertiary/aromatic N) is 1. The summed E-state index contributed by atoms with van der Waals surface area (Å²) < 4.78 is 3.89. The summed E-state index contributed by atoms with van der Waals surface area (Å²) in [7, 11) is 0. The van der Waals surface area contributed by atoms with Crippen molar-refractivity contribution in [2.24, 2.45) is 4.40 Å². The lowest BCUT2D eigenvalue weighted by Crippen LogP contribution is -1.51. The van der Waals surface area contributed by atoms with Crippen LogP contribution in [0, 0.1) is 0 Å². The average Bonchev–Trinajstić information content (AvgIpc) is 1.90. The van der Waals surface area contributed by atoms with Gasteiger partial charge in [-0.25, -0.2) is 4.40 Å². The van der Waals surface area contributed by atoms with Crippen molar-refractivity contribution in [1.82, 2.24) is 0 Å². The fourth-order valence-electron chi connectivity index (χ4n) is 0.300. The predicted molar refractivity (Wildman–Crippen MR) is 41.6 cm³/mol. The fraction of sp³-hybridized carbons (Fsp3) is 0. The first-order valence-corrected chi connectivity index (χ1v) is 2.85. The van der Waals surface area contributed by atoms with Crippen molar-refractivity contribution in [2.75, 3.05) is 0 Å². The Labute approximate surface area is 59.1 Å². The molecule has 1 aliphatic heterocycles. The summed E-state index contributed by atoms with van der Waals surface area (Å²) in [6.45, 7) is 0. The van der Waals surface area contributed by atoms with Gasteiger partial charge in [0.05, 0.1) is 0 Å². The van der Waals surface area contributed by atoms with E-state index in [0.29, 0.717) is 0 Å². The Morgan fingerprint density at radius 2 is 2.00 bits per heavy atom. The Hall–Kier alpha value is -0.210. The highest BCUT2D eigenvalue weighted by molar-refractivity contribution is 8.01. The van der Waals surface area contributed by atoms with E-state index >= 15 is 0 Å². The molecule has 3 heteroatoms. The van der Waals surface area contributed by atoms with Gasteiger partial charge in [0.15, 0.2) is 0 Å². The number of hydrogen-bond donors (Lipinski definition) is 0. The van der Waals surface area contributed by atoms with E-state index in [1.807, 2.05) is 23.6 Å². The first kappa shape index (κ1) is 7.79. The first-order valence-electron chi connectivity index (χ1n) is 2.01. The molecule has 1 aliphatic rings. The van der Waals surface area contributed by atoms with Crippen molar-refractivity contribution in [3.05, 3.63) is 23.6 Å². The molecule has 1 rings (SSSR count). The Bertz CT molecular complexity index is 114. The average molecular weight is 148 g/mol. The minimum absolute atomic E-state index is 0. The van der Waals surface area contributed by atoms with E-state index < -0.39 is 0 Å². The quantitative estimate of drug-likeness (QED) is 0.479. The van der Waals surface area contributed by atoms with Gasteiger partial charge in [-0.3, -0.25) is 0 Å². The summed E-state index contributed by atoms with van der Waals surface area (Å²) in [4.78, 5) is 0. The van der Waals surface area contributed by atoms with Crippen LogP contribution in [-0.2, 0) is 0 Å². The zero-order chi connectivity index (χ0) is 4.95. The summed E-state index contributed by atoms with van der Waals surface area (Å²) in [6, 6.07) is 0. The molecule has 0 aliphatic carbocycles. The van der Waals surface area contributed by atoms with E-state index in [-0.39, 0.29) is 12.4 Å². The van der Waals surface area contributed by atoms with Gasteiger partial charge in [-0.1, -0.05) is 12.2 Å². The van der Waals surface area contributed by atoms with Crippen LogP contribution in [0.1, 0.15) is 0 Å². The van der Waals surface area contributed by atoms with E-state index in [2.05, 4.69) is 4.40 Å². The Balaban J connectivity index is 0.000000490. The number of halogens is 1. The third kappa shape index (κ3) is 2.88. The zero-order valence-electron chi connectivity index (χ0n) is 4.15. The standard InChI is InChI=1S/C5H5NS.ClH/c1-2-4-6-7-5-3-1;/h1-5H;1H. The largest absolute Gasteiger partial charge is 0.220 e. The second-order valence-electron chi connectivity index (χ2n) is 1.07. The van der Waals surface area contributed by atoms with Crippen LogP contribution in [0.5, 0.6) is 0 Å². The molecule has 0 aromatic heterocycles. The zero-order valence-corrected chi connectivity index (χ0v) is 5.78. The minimum atomic E-state index is 0. The molecule has 0 radical (unpaired) electrons. The highest BCUT2D eigenvalue weighted by Gasteiger charge is 1.71. The molecule has 0 bridgehead atoms. The molecule has 0 fully saturated rings. The van der Waals surface area contributed by atoms with Crippen LogP contribution in [0.3, 0.4) is 0 Å². The maximum absolute atomic E-state index is 3.89. The van der Waals surface area contributed by atoms with Gasteiger partial charge in [0.1, 0.15) is 0 Å². The SMILES string of the molecule is C1=CC=NSC=C1.Cl. The summed E-state index contributed by atoms with van der Waals surface area (Å²) in [5.74, 6) is 0. The van der Waals surface area contributed by atoms with Gasteiger partial charge in [-0.05, 0) is 11.5 Å². The van der Waals surface area contributed by atoms with Gasteiger partial charge in [-0.2, -0.15) is 0 Å². The Morgan fingerprint density at radius 3 is 2.88 bits per heavy atom. The van der Waals surface area contributed by atoms with Crippen molar-refractivity contribution in [3.8, 4) is 0 Å². The summed E-state index contributed by atoms with van der Waals surface area (Å²) in [6.07, 6.45) is 7.57. The maximum atomic E-state index is 3.89. The molecule has 44 valence electrons. The monoisotopic (exact) mass is 147 g/mol. The van der Waals surface area contributed by atoms with Crippen LogP contribution in [-0.4, -0.2) is 6.21 Å². The molecule has 0 aromatic carbocycles. The van der Waals surface area contributed by atoms with Gasteiger partial charge in [0.2, 0.25) is 0 Å². The van der Waals surface area contributed by atoms with Crippen molar-refractivity contribution in [2.45, 2.75) is 0 Å². The number of allylic oxidation sites excluding steroid dienone is 3. The summed E-state index contributed by atoms with van der Waals surface area (Å²) >= 11 is 1.44. The minimum Gasteiger partial charge on any atom is -0.220 e. The second-order valence-corrected chi connectivity index (χ2v) is 1.77. The van der Waals surface area contributed by atoms with E-state index in [0.717, 1.165) is 0 Å². The van der Waals surface area contributed by atoms with Crippen LogP contribution in [0.15, 0.2) is 28.0 Å². The van der Waals surface area contributed by atoms with E-state index in [1.54, 1.807) is 6.21 Å². The predicted octanol–water partition coefficient (Wildman–Crippen LogP) is 2.21. The Morgan fingerprint density at radius 1 is 1.12 bits per heavy atom. The third-order valence-electron chi connectivity index (χ3n) is 0.569. The molecular formula is C5H6ClNS. The lowest BCUT2D eigenvalue weighted by molar-refractivity contribution is 1.99. The molecular weight excluding hydrogens is 142 g/mol. The summed E-state index contributed by atoms with van der Waals surface area (Å²) in [5, 5.41) is 1.93. The second kappa shape index (κ2) is 4.94. The van der Waals surface area contributed by atoms with Crippen LogP contribution in [0.25, 0.3) is 0 Å². The topological polar surface area (TPSA) is 12.4 Å². The normalized spacial score (nSPS) is 15.0. The van der Waals surface area contributed by atoms with Crippen LogP contribution in [0.4, 0.5) is 0 Å². The number of rotatable bonds is 0. The highest BCUT2D eigenvalue weighted by Crippen LogP contribution is 2.03. The molecule has 0 atom stereocenters. The Kier molecular flexibility index (Phi) is 4.81. The first-order chi connectivity index (χ1) is 3.50. The lowest BCUT2D eigenvalue weighted by Gasteiger charge is -1.70. The molecule has 1 heterocycles. The van der Waals surface area contributed by atoms with Gasteiger partial charge < -0.3 is 0 Å². The molecule has 0 aromatic rings. The molecule has 0 saturated carbocycles. The highest BCUT2D eigenvalue weighted by atomic mass is 35.5. The fourth-order valence-corrected chi connectivity index (χ4v) is 0.672. The summed E-state index contributed by atoms with van der Waals surface area (Å²) in [5.41, 5.74) is 0. The van der Waals surface area contributed by atoms with Crippen LogP contribution >= 0.6 is 24.4 Å². The maximum Gasteiger partial charge on any atom is 0.0355 e. The van der Waals surface area contributed by atoms with Crippen LogP contribution in [0.2, 0.25) is 0 Å². The molecule has 0 spiro atoms. The van der Waals surface area contributed by atoms with Gasteiger partial charge in [0.25, 0.3) is 0 Å². The number of hydrogen-bond acceptors (Lipinski definition) is 2. The van der Waals surface area contributed by atoms with Crippen molar-refractivity contribution < 1.29 is 0 Å². The molecule has 8 heavy (non-hydrogen) atoms. The van der Waals surface area contributed by atoms with E-state index in [9.17, 15) is 0 Å². The van der Waals surface area contributed by atoms with Gasteiger partial charge in [-0.15, -0.1) is 12.4 Å². The smallest absolute Gasteiger partial charge is 0.0355 e. The van der Waals surface area contributed by atoms with Crippen molar-refractivity contribution >= 4 is 30.6 Å². The van der Waals surface area contributed by atoms with Crippen LogP contribution < -0.4 is 0 Å². The molecule has 0 N–H and O–H groups in total. The molecule has 0 saturated heterocycles. The van der Waals surface area contributed by atoms with Gasteiger partial charge >= 0.3 is 0 Å². The van der Waals surface area contributed by atoms with Crippen molar-refractivity contribution in [3.63, 3.8) is 0 Å². The van der Waals surface area contributed by atoms with E-state index in [1.165, 1.54) is 11.9 Å².